The number of likely N-dealkylation sites (tertiary alicyclic amines) is 1. The van der Waals surface area contributed by atoms with Crippen LogP contribution in [0.15, 0.2) is 48.7 Å². The lowest BCUT2D eigenvalue weighted by molar-refractivity contribution is 0.0946. The van der Waals surface area contributed by atoms with Gasteiger partial charge in [0.2, 0.25) is 0 Å². The molecular formula is C22H25N5O. The molecule has 1 N–H and O–H groups in total. The van der Waals surface area contributed by atoms with Crippen molar-refractivity contribution in [2.24, 2.45) is 0 Å². The predicted molar refractivity (Wildman–Crippen MR) is 108 cm³/mol. The van der Waals surface area contributed by atoms with Crippen LogP contribution in [-0.2, 0) is 6.54 Å². The summed E-state index contributed by atoms with van der Waals surface area (Å²) < 4.78 is 1.89. The van der Waals surface area contributed by atoms with Crippen LogP contribution in [0.25, 0.3) is 10.8 Å². The number of benzene rings is 2. The minimum atomic E-state index is -0.0952. The molecule has 0 spiro atoms. The molecule has 0 atom stereocenters. The molecule has 2 fully saturated rings. The number of nitrogens with zero attached hydrogens (tertiary/aromatic N) is 4. The molecule has 6 heteroatoms. The summed E-state index contributed by atoms with van der Waals surface area (Å²) in [6, 6.07) is 15.8. The molecule has 6 nitrogen and oxygen atoms in total. The molecule has 2 aromatic carbocycles. The number of carbonyl (C=O) groups excluding carboxylic acids is 1. The van der Waals surface area contributed by atoms with Gasteiger partial charge in [-0.3, -0.25) is 9.69 Å². The van der Waals surface area contributed by atoms with E-state index in [0.717, 1.165) is 45.3 Å². The zero-order valence-electron chi connectivity index (χ0n) is 15.9. The van der Waals surface area contributed by atoms with Gasteiger partial charge in [0.1, 0.15) is 0 Å². The third-order valence-electron chi connectivity index (χ3n) is 5.86. The highest BCUT2D eigenvalue weighted by atomic mass is 16.2. The van der Waals surface area contributed by atoms with Crippen LogP contribution in [-0.4, -0.2) is 44.9 Å². The summed E-state index contributed by atoms with van der Waals surface area (Å²) in [6.45, 7) is 3.02. The van der Waals surface area contributed by atoms with Crippen LogP contribution < -0.4 is 5.32 Å². The second-order valence-corrected chi connectivity index (χ2v) is 7.98. The minimum absolute atomic E-state index is 0.0952. The van der Waals surface area contributed by atoms with Crippen LogP contribution in [0.3, 0.4) is 0 Å². The van der Waals surface area contributed by atoms with E-state index in [9.17, 15) is 4.79 Å². The molecule has 5 rings (SSSR count). The average molecular weight is 375 g/mol. The summed E-state index contributed by atoms with van der Waals surface area (Å²) in [4.78, 5) is 14.6. The van der Waals surface area contributed by atoms with E-state index in [1.54, 1.807) is 0 Å². The smallest absolute Gasteiger partial charge is 0.273 e. The first-order valence-corrected chi connectivity index (χ1v) is 10.2. The molecule has 1 saturated carbocycles. The van der Waals surface area contributed by atoms with Gasteiger partial charge in [-0.2, -0.15) is 0 Å². The van der Waals surface area contributed by atoms with Gasteiger partial charge < -0.3 is 5.32 Å². The Morgan fingerprint density at radius 1 is 1.04 bits per heavy atom. The second-order valence-electron chi connectivity index (χ2n) is 7.98. The van der Waals surface area contributed by atoms with Crippen molar-refractivity contribution in [1.29, 1.82) is 0 Å². The van der Waals surface area contributed by atoms with Crippen molar-refractivity contribution in [2.45, 2.75) is 44.3 Å². The van der Waals surface area contributed by atoms with Gasteiger partial charge in [-0.05, 0) is 42.0 Å². The highest BCUT2D eigenvalue weighted by Crippen LogP contribution is 2.26. The largest absolute Gasteiger partial charge is 0.348 e. The van der Waals surface area contributed by atoms with E-state index in [0.29, 0.717) is 17.8 Å². The monoisotopic (exact) mass is 375 g/mol. The minimum Gasteiger partial charge on any atom is -0.348 e. The number of hydrogen-bond acceptors (Lipinski definition) is 4. The topological polar surface area (TPSA) is 63.1 Å². The van der Waals surface area contributed by atoms with Crippen molar-refractivity contribution < 1.29 is 4.79 Å². The van der Waals surface area contributed by atoms with E-state index in [2.05, 4.69) is 63.0 Å². The number of hydrogen-bond donors (Lipinski definition) is 1. The van der Waals surface area contributed by atoms with E-state index in [1.807, 2.05) is 10.9 Å². The van der Waals surface area contributed by atoms with Crippen molar-refractivity contribution in [1.82, 2.24) is 25.2 Å². The Labute approximate surface area is 164 Å². The second kappa shape index (κ2) is 7.36. The molecular weight excluding hydrogens is 350 g/mol. The normalized spacial score (nSPS) is 18.4. The molecule has 1 aliphatic heterocycles. The van der Waals surface area contributed by atoms with Crippen LogP contribution in [0, 0.1) is 0 Å². The molecule has 144 valence electrons. The third kappa shape index (κ3) is 3.64. The number of rotatable bonds is 5. The Bertz CT molecular complexity index is 980. The van der Waals surface area contributed by atoms with Gasteiger partial charge in [-0.25, -0.2) is 4.68 Å². The van der Waals surface area contributed by atoms with E-state index in [1.165, 1.54) is 16.3 Å². The highest BCUT2D eigenvalue weighted by molar-refractivity contribution is 5.92. The fourth-order valence-electron chi connectivity index (χ4n) is 4.06. The van der Waals surface area contributed by atoms with Gasteiger partial charge >= 0.3 is 0 Å². The Hall–Kier alpha value is -2.73. The Morgan fingerprint density at radius 2 is 1.82 bits per heavy atom. The first-order chi connectivity index (χ1) is 13.8. The molecule has 2 aliphatic rings. The molecule has 1 amide bonds. The lowest BCUT2D eigenvalue weighted by Crippen LogP contribution is -2.34. The van der Waals surface area contributed by atoms with Crippen LogP contribution in [0.2, 0.25) is 0 Å². The van der Waals surface area contributed by atoms with Gasteiger partial charge in [-0.15, -0.1) is 5.10 Å². The molecule has 2 heterocycles. The van der Waals surface area contributed by atoms with Crippen LogP contribution >= 0.6 is 0 Å². The number of carbonyl (C=O) groups is 1. The maximum atomic E-state index is 12.1. The number of fused-ring (bicyclic) bond motifs is 1. The number of aromatic nitrogens is 3. The van der Waals surface area contributed by atoms with E-state index >= 15 is 0 Å². The summed E-state index contributed by atoms with van der Waals surface area (Å²) >= 11 is 0. The van der Waals surface area contributed by atoms with E-state index in [-0.39, 0.29) is 5.91 Å². The Balaban J connectivity index is 1.20. The van der Waals surface area contributed by atoms with Gasteiger partial charge in [0.15, 0.2) is 5.69 Å². The Kier molecular flexibility index (Phi) is 4.56. The van der Waals surface area contributed by atoms with Gasteiger partial charge in [0.25, 0.3) is 5.91 Å². The quantitative estimate of drug-likeness (QED) is 0.744. The lowest BCUT2D eigenvalue weighted by Gasteiger charge is -2.32. The molecule has 1 aromatic heterocycles. The standard InChI is InChI=1S/C22H25N5O/c28-22(23-18-8-9-18)21-15-27(25-24-21)19-10-12-26(13-11-19)14-17-6-3-5-16-4-1-2-7-20(16)17/h1-7,15,18-19H,8-14H2,(H,23,28). The van der Waals surface area contributed by atoms with Crippen molar-refractivity contribution >= 4 is 16.7 Å². The fourth-order valence-corrected chi connectivity index (χ4v) is 4.06. The molecule has 0 bridgehead atoms. The number of amides is 1. The molecule has 1 saturated heterocycles. The van der Waals surface area contributed by atoms with E-state index in [4.69, 9.17) is 0 Å². The van der Waals surface area contributed by atoms with Gasteiger partial charge in [0, 0.05) is 25.7 Å². The number of piperidine rings is 1. The van der Waals surface area contributed by atoms with Gasteiger partial charge in [-0.1, -0.05) is 47.7 Å². The molecule has 3 aromatic rings. The fraction of sp³-hybridized carbons (Fsp3) is 0.409. The lowest BCUT2D eigenvalue weighted by atomic mass is 10.0. The third-order valence-corrected chi connectivity index (χ3v) is 5.86. The summed E-state index contributed by atoms with van der Waals surface area (Å²) in [5.74, 6) is -0.0952. The zero-order valence-corrected chi connectivity index (χ0v) is 15.9. The zero-order chi connectivity index (χ0) is 18.9. The van der Waals surface area contributed by atoms with E-state index < -0.39 is 0 Å². The van der Waals surface area contributed by atoms with Gasteiger partial charge in [0.05, 0.1) is 12.2 Å². The molecule has 0 radical (unpaired) electrons. The molecule has 28 heavy (non-hydrogen) atoms. The predicted octanol–water partition coefficient (Wildman–Crippen LogP) is 3.16. The maximum Gasteiger partial charge on any atom is 0.273 e. The van der Waals surface area contributed by atoms with Crippen LogP contribution in [0.4, 0.5) is 0 Å². The number of nitrogens with one attached hydrogen (secondary N) is 1. The van der Waals surface area contributed by atoms with Crippen molar-refractivity contribution in [2.75, 3.05) is 13.1 Å². The Morgan fingerprint density at radius 3 is 2.64 bits per heavy atom. The summed E-state index contributed by atoms with van der Waals surface area (Å²) in [6.07, 6.45) is 6.02. The maximum absolute atomic E-state index is 12.1. The SMILES string of the molecule is O=C(NC1CC1)c1cn(C2CCN(Cc3cccc4ccccc34)CC2)nn1. The summed E-state index contributed by atoms with van der Waals surface area (Å²) in [5.41, 5.74) is 1.82. The first kappa shape index (κ1) is 17.4. The highest BCUT2D eigenvalue weighted by Gasteiger charge is 2.26. The summed E-state index contributed by atoms with van der Waals surface area (Å²) in [7, 11) is 0. The van der Waals surface area contributed by atoms with Crippen molar-refractivity contribution in [3.63, 3.8) is 0 Å². The van der Waals surface area contributed by atoms with Crippen LogP contribution in [0.5, 0.6) is 0 Å². The van der Waals surface area contributed by atoms with Crippen LogP contribution in [0.1, 0.15) is 47.8 Å². The van der Waals surface area contributed by atoms with Crippen molar-refractivity contribution in [3.8, 4) is 0 Å². The molecule has 1 aliphatic carbocycles. The molecule has 0 unspecified atom stereocenters. The van der Waals surface area contributed by atoms with Crippen molar-refractivity contribution in [3.05, 3.63) is 59.9 Å². The first-order valence-electron chi connectivity index (χ1n) is 10.2. The summed E-state index contributed by atoms with van der Waals surface area (Å²) in [5, 5.41) is 13.9. The average Bonchev–Trinajstić information content (AvgIpc) is 3.40.